The maximum atomic E-state index is 13.6. The molecule has 0 spiro atoms. The summed E-state index contributed by atoms with van der Waals surface area (Å²) in [5.41, 5.74) is 1.39. The van der Waals surface area contributed by atoms with Crippen molar-refractivity contribution in [3.05, 3.63) is 105 Å². The van der Waals surface area contributed by atoms with Gasteiger partial charge in [-0.15, -0.1) is 0 Å². The van der Waals surface area contributed by atoms with Crippen LogP contribution in [0.2, 0.25) is 10.0 Å². The molecule has 33 heavy (non-hydrogen) atoms. The first-order valence-electron chi connectivity index (χ1n) is 10.8. The van der Waals surface area contributed by atoms with Gasteiger partial charge in [0.1, 0.15) is 5.82 Å². The van der Waals surface area contributed by atoms with Gasteiger partial charge in [0.05, 0.1) is 27.7 Å². The van der Waals surface area contributed by atoms with Crippen molar-refractivity contribution in [3.63, 3.8) is 0 Å². The van der Waals surface area contributed by atoms with Crippen LogP contribution in [0.1, 0.15) is 42.5 Å². The van der Waals surface area contributed by atoms with E-state index in [1.165, 1.54) is 4.57 Å². The van der Waals surface area contributed by atoms with Gasteiger partial charge in [-0.1, -0.05) is 54.4 Å². The molecule has 0 saturated carbocycles. The summed E-state index contributed by atoms with van der Waals surface area (Å²) in [6, 6.07) is 20.6. The standard InChI is InChI=1S/C26H23Cl2N3O2/c1-3-16-30(25(32)18-12-14-19(27)15-13-18)17(2)24-29-22-10-6-4-8-20(22)26(33)31(24)23-11-7-5-9-21(23)28/h4-15,17H,3,16H2,1-2H3. The van der Waals surface area contributed by atoms with E-state index < -0.39 is 6.04 Å². The molecule has 0 aliphatic rings. The zero-order valence-electron chi connectivity index (χ0n) is 18.3. The van der Waals surface area contributed by atoms with E-state index >= 15 is 0 Å². The third-order valence-electron chi connectivity index (χ3n) is 5.55. The molecule has 0 aliphatic carbocycles. The van der Waals surface area contributed by atoms with Crippen LogP contribution in [0.5, 0.6) is 0 Å². The highest BCUT2D eigenvalue weighted by Crippen LogP contribution is 2.27. The Morgan fingerprint density at radius 3 is 2.36 bits per heavy atom. The molecule has 1 heterocycles. The molecule has 0 bridgehead atoms. The number of nitrogens with zero attached hydrogens (tertiary/aromatic N) is 3. The van der Waals surface area contributed by atoms with Crippen molar-refractivity contribution in [2.75, 3.05) is 6.54 Å². The highest BCUT2D eigenvalue weighted by Gasteiger charge is 2.27. The summed E-state index contributed by atoms with van der Waals surface area (Å²) in [4.78, 5) is 33.6. The van der Waals surface area contributed by atoms with Crippen molar-refractivity contribution in [1.29, 1.82) is 0 Å². The van der Waals surface area contributed by atoms with Crippen LogP contribution >= 0.6 is 23.2 Å². The first-order chi connectivity index (χ1) is 15.9. The first-order valence-corrected chi connectivity index (χ1v) is 11.5. The van der Waals surface area contributed by atoms with Crippen molar-refractivity contribution in [2.45, 2.75) is 26.3 Å². The van der Waals surface area contributed by atoms with Gasteiger partial charge in [-0.25, -0.2) is 4.98 Å². The number of rotatable bonds is 6. The number of amides is 1. The maximum absolute atomic E-state index is 13.6. The Kier molecular flexibility index (Phi) is 6.82. The van der Waals surface area contributed by atoms with E-state index in [2.05, 4.69) is 0 Å². The van der Waals surface area contributed by atoms with Crippen molar-refractivity contribution < 1.29 is 4.79 Å². The van der Waals surface area contributed by atoms with Crippen LogP contribution in [0.4, 0.5) is 0 Å². The fourth-order valence-corrected chi connectivity index (χ4v) is 4.25. The van der Waals surface area contributed by atoms with Crippen LogP contribution in [0.15, 0.2) is 77.6 Å². The SMILES string of the molecule is CCCN(C(=O)c1ccc(Cl)cc1)C(C)c1nc2ccccc2c(=O)n1-c1ccccc1Cl. The maximum Gasteiger partial charge on any atom is 0.266 e. The number of para-hydroxylation sites is 2. The van der Waals surface area contributed by atoms with Crippen LogP contribution < -0.4 is 5.56 Å². The fourth-order valence-electron chi connectivity index (χ4n) is 3.91. The molecule has 0 radical (unpaired) electrons. The Morgan fingerprint density at radius 1 is 1.00 bits per heavy atom. The highest BCUT2D eigenvalue weighted by atomic mass is 35.5. The summed E-state index contributed by atoms with van der Waals surface area (Å²) >= 11 is 12.5. The summed E-state index contributed by atoms with van der Waals surface area (Å²) in [7, 11) is 0. The number of benzene rings is 3. The van der Waals surface area contributed by atoms with Gasteiger partial charge in [-0.3, -0.25) is 14.2 Å². The lowest BCUT2D eigenvalue weighted by Crippen LogP contribution is -2.38. The predicted octanol–water partition coefficient (Wildman–Crippen LogP) is 6.31. The fraction of sp³-hybridized carbons (Fsp3) is 0.192. The van der Waals surface area contributed by atoms with Crippen LogP contribution in [-0.4, -0.2) is 26.9 Å². The van der Waals surface area contributed by atoms with Gasteiger partial charge in [0.2, 0.25) is 0 Å². The Balaban J connectivity index is 1.92. The molecule has 5 nitrogen and oxygen atoms in total. The molecule has 1 aromatic heterocycles. The van der Waals surface area contributed by atoms with Crippen LogP contribution in [0.25, 0.3) is 16.6 Å². The molecular weight excluding hydrogens is 457 g/mol. The van der Waals surface area contributed by atoms with E-state index in [0.29, 0.717) is 44.6 Å². The molecule has 4 aromatic rings. The summed E-state index contributed by atoms with van der Waals surface area (Å²) in [5.74, 6) is 0.289. The van der Waals surface area contributed by atoms with E-state index in [4.69, 9.17) is 28.2 Å². The minimum atomic E-state index is -0.498. The van der Waals surface area contributed by atoms with E-state index in [1.54, 1.807) is 59.5 Å². The second-order valence-electron chi connectivity index (χ2n) is 7.76. The quantitative estimate of drug-likeness (QED) is 0.325. The summed E-state index contributed by atoms with van der Waals surface area (Å²) in [6.45, 7) is 4.38. The Bertz CT molecular complexity index is 1370. The van der Waals surface area contributed by atoms with Crippen molar-refractivity contribution in [3.8, 4) is 5.69 Å². The lowest BCUT2D eigenvalue weighted by molar-refractivity contribution is 0.0681. The van der Waals surface area contributed by atoms with E-state index in [-0.39, 0.29) is 11.5 Å². The summed E-state index contributed by atoms with van der Waals surface area (Å²) in [5, 5.41) is 1.47. The lowest BCUT2D eigenvalue weighted by atomic mass is 10.1. The topological polar surface area (TPSA) is 55.2 Å². The lowest BCUT2D eigenvalue weighted by Gasteiger charge is -2.30. The molecule has 3 aromatic carbocycles. The zero-order valence-corrected chi connectivity index (χ0v) is 19.8. The number of fused-ring (bicyclic) bond motifs is 1. The van der Waals surface area contributed by atoms with Crippen LogP contribution in [0, 0.1) is 0 Å². The van der Waals surface area contributed by atoms with Gasteiger partial charge in [0, 0.05) is 17.1 Å². The number of halogens is 2. The van der Waals surface area contributed by atoms with Crippen LogP contribution in [-0.2, 0) is 0 Å². The van der Waals surface area contributed by atoms with E-state index in [0.717, 1.165) is 6.42 Å². The molecule has 0 N–H and O–H groups in total. The number of carbonyl (C=O) groups excluding carboxylic acids is 1. The molecule has 0 fully saturated rings. The Labute approximate surface area is 202 Å². The smallest absolute Gasteiger partial charge is 0.266 e. The summed E-state index contributed by atoms with van der Waals surface area (Å²) < 4.78 is 1.52. The minimum absolute atomic E-state index is 0.158. The molecule has 1 unspecified atom stereocenters. The molecule has 1 atom stereocenters. The molecule has 168 valence electrons. The van der Waals surface area contributed by atoms with Gasteiger partial charge in [-0.05, 0) is 61.9 Å². The third kappa shape index (κ3) is 4.52. The van der Waals surface area contributed by atoms with Gasteiger partial charge in [-0.2, -0.15) is 0 Å². The average molecular weight is 480 g/mol. The van der Waals surface area contributed by atoms with Gasteiger partial charge < -0.3 is 4.90 Å². The highest BCUT2D eigenvalue weighted by molar-refractivity contribution is 6.32. The molecule has 1 amide bonds. The molecule has 4 rings (SSSR count). The number of hydrogen-bond acceptors (Lipinski definition) is 3. The van der Waals surface area contributed by atoms with E-state index in [9.17, 15) is 9.59 Å². The second-order valence-corrected chi connectivity index (χ2v) is 8.60. The summed E-state index contributed by atoms with van der Waals surface area (Å²) in [6.07, 6.45) is 0.744. The molecule has 0 saturated heterocycles. The second kappa shape index (κ2) is 9.77. The van der Waals surface area contributed by atoms with Crippen molar-refractivity contribution >= 4 is 40.0 Å². The van der Waals surface area contributed by atoms with Gasteiger partial charge in [0.25, 0.3) is 11.5 Å². The Hall–Kier alpha value is -3.15. The predicted molar refractivity (Wildman–Crippen MR) is 134 cm³/mol. The molecular formula is C26H23Cl2N3O2. The number of hydrogen-bond donors (Lipinski definition) is 0. The van der Waals surface area contributed by atoms with Crippen molar-refractivity contribution in [1.82, 2.24) is 14.5 Å². The zero-order chi connectivity index (χ0) is 23.5. The monoisotopic (exact) mass is 479 g/mol. The largest absolute Gasteiger partial charge is 0.329 e. The molecule has 0 aliphatic heterocycles. The first kappa shape index (κ1) is 23.0. The van der Waals surface area contributed by atoms with E-state index in [1.807, 2.05) is 32.0 Å². The van der Waals surface area contributed by atoms with Gasteiger partial charge >= 0.3 is 0 Å². The van der Waals surface area contributed by atoms with Gasteiger partial charge in [0.15, 0.2) is 0 Å². The Morgan fingerprint density at radius 2 is 1.67 bits per heavy atom. The normalized spacial score (nSPS) is 12.0. The van der Waals surface area contributed by atoms with Crippen LogP contribution in [0.3, 0.4) is 0 Å². The minimum Gasteiger partial charge on any atom is -0.329 e. The van der Waals surface area contributed by atoms with Crippen molar-refractivity contribution in [2.24, 2.45) is 0 Å². The number of carbonyl (C=O) groups is 1. The third-order valence-corrected chi connectivity index (χ3v) is 6.12. The average Bonchev–Trinajstić information content (AvgIpc) is 2.83. The molecule has 7 heteroatoms. The number of aromatic nitrogens is 2.